The predicted molar refractivity (Wildman–Crippen MR) is 54.0 cm³/mol. The summed E-state index contributed by atoms with van der Waals surface area (Å²) < 4.78 is 5.26. The second-order valence-electron chi connectivity index (χ2n) is 3.39. The minimum absolute atomic E-state index is 0.419. The quantitative estimate of drug-likeness (QED) is 0.769. The third-order valence-electron chi connectivity index (χ3n) is 2.31. The first-order valence-corrected chi connectivity index (χ1v) is 4.73. The maximum absolute atomic E-state index is 8.62. The predicted octanol–water partition coefficient (Wildman–Crippen LogP) is 1.76. The van der Waals surface area contributed by atoms with Crippen LogP contribution in [0.4, 0.5) is 5.69 Å². The van der Waals surface area contributed by atoms with Crippen LogP contribution in [0.5, 0.6) is 0 Å². The maximum Gasteiger partial charge on any atom is 0.0991 e. The Morgan fingerprint density at radius 1 is 1.36 bits per heavy atom. The molecule has 0 spiro atoms. The van der Waals surface area contributed by atoms with Crippen LogP contribution in [0.15, 0.2) is 24.3 Å². The van der Waals surface area contributed by atoms with Gasteiger partial charge in [0.2, 0.25) is 0 Å². The van der Waals surface area contributed by atoms with Crippen LogP contribution in [0, 0.1) is 11.3 Å². The zero-order valence-corrected chi connectivity index (χ0v) is 7.86. The van der Waals surface area contributed by atoms with E-state index in [-0.39, 0.29) is 0 Å². The van der Waals surface area contributed by atoms with E-state index in [9.17, 15) is 0 Å². The van der Waals surface area contributed by atoms with Gasteiger partial charge in [0.1, 0.15) is 0 Å². The number of hydrogen-bond acceptors (Lipinski definition) is 3. The van der Waals surface area contributed by atoms with Crippen LogP contribution >= 0.6 is 0 Å². The lowest BCUT2D eigenvalue weighted by atomic mass is 10.2. The fourth-order valence-electron chi connectivity index (χ4n) is 1.53. The first-order chi connectivity index (χ1) is 6.88. The number of nitrogens with zero attached hydrogens (tertiary/aromatic N) is 1. The van der Waals surface area contributed by atoms with E-state index in [4.69, 9.17) is 10.00 Å². The lowest BCUT2D eigenvalue weighted by Gasteiger charge is -2.11. The topological polar surface area (TPSA) is 45.0 Å². The summed E-state index contributed by atoms with van der Waals surface area (Å²) >= 11 is 0. The number of anilines is 1. The van der Waals surface area contributed by atoms with Crippen molar-refractivity contribution in [2.45, 2.75) is 12.5 Å². The Kier molecular flexibility index (Phi) is 2.66. The molecule has 2 rings (SSSR count). The van der Waals surface area contributed by atoms with Crippen LogP contribution in [0.1, 0.15) is 12.0 Å². The molecule has 3 heteroatoms. The van der Waals surface area contributed by atoms with Crippen molar-refractivity contribution in [1.29, 1.82) is 5.26 Å². The molecule has 3 nitrogen and oxygen atoms in total. The molecule has 0 aromatic heterocycles. The minimum atomic E-state index is 0.419. The monoisotopic (exact) mass is 188 g/mol. The first-order valence-electron chi connectivity index (χ1n) is 4.73. The molecule has 1 aromatic rings. The van der Waals surface area contributed by atoms with Gasteiger partial charge in [0.05, 0.1) is 24.3 Å². The molecule has 1 fully saturated rings. The number of ether oxygens (including phenoxy) is 1. The fraction of sp³-hybridized carbons (Fsp3) is 0.364. The summed E-state index contributed by atoms with van der Waals surface area (Å²) in [5.41, 5.74) is 1.75. The van der Waals surface area contributed by atoms with E-state index in [0.717, 1.165) is 25.3 Å². The van der Waals surface area contributed by atoms with Crippen LogP contribution in [-0.4, -0.2) is 19.3 Å². The van der Waals surface area contributed by atoms with Gasteiger partial charge in [-0.05, 0) is 30.7 Å². The minimum Gasteiger partial charge on any atom is -0.380 e. The molecule has 72 valence electrons. The molecule has 1 aromatic carbocycles. The number of nitrogens with one attached hydrogen (secondary N) is 1. The SMILES string of the molecule is N#Cc1ccc(NC2CCOC2)cc1. The molecule has 1 atom stereocenters. The van der Waals surface area contributed by atoms with E-state index < -0.39 is 0 Å². The van der Waals surface area contributed by atoms with Crippen molar-refractivity contribution in [3.8, 4) is 6.07 Å². The Balaban J connectivity index is 1.99. The van der Waals surface area contributed by atoms with Crippen molar-refractivity contribution in [3.05, 3.63) is 29.8 Å². The Hall–Kier alpha value is -1.53. The lowest BCUT2D eigenvalue weighted by molar-refractivity contribution is 0.195. The highest BCUT2D eigenvalue weighted by atomic mass is 16.5. The standard InChI is InChI=1S/C11H12N2O/c12-7-9-1-3-10(4-2-9)13-11-5-6-14-8-11/h1-4,11,13H,5-6,8H2. The van der Waals surface area contributed by atoms with Crippen LogP contribution in [0.3, 0.4) is 0 Å². The van der Waals surface area contributed by atoms with Crippen LogP contribution in [0.2, 0.25) is 0 Å². The Bertz CT molecular complexity index is 333. The van der Waals surface area contributed by atoms with Crippen molar-refractivity contribution >= 4 is 5.69 Å². The smallest absolute Gasteiger partial charge is 0.0991 e. The van der Waals surface area contributed by atoms with Gasteiger partial charge in [-0.3, -0.25) is 0 Å². The summed E-state index contributed by atoms with van der Waals surface area (Å²) in [6, 6.07) is 10.0. The van der Waals surface area contributed by atoms with E-state index in [1.54, 1.807) is 0 Å². The summed E-state index contributed by atoms with van der Waals surface area (Å²) in [6.07, 6.45) is 1.06. The van der Waals surface area contributed by atoms with Crippen molar-refractivity contribution in [2.75, 3.05) is 18.5 Å². The molecular weight excluding hydrogens is 176 g/mol. The third-order valence-corrected chi connectivity index (χ3v) is 2.31. The van der Waals surface area contributed by atoms with E-state index in [1.807, 2.05) is 24.3 Å². The summed E-state index contributed by atoms with van der Waals surface area (Å²) in [6.45, 7) is 1.62. The summed E-state index contributed by atoms with van der Waals surface area (Å²) in [5, 5.41) is 12.0. The number of nitriles is 1. The van der Waals surface area contributed by atoms with E-state index in [2.05, 4.69) is 11.4 Å². The third kappa shape index (κ3) is 2.04. The van der Waals surface area contributed by atoms with Crippen molar-refractivity contribution in [3.63, 3.8) is 0 Å². The molecule has 0 saturated carbocycles. The maximum atomic E-state index is 8.62. The zero-order valence-electron chi connectivity index (χ0n) is 7.86. The van der Waals surface area contributed by atoms with E-state index >= 15 is 0 Å². The van der Waals surface area contributed by atoms with Gasteiger partial charge in [-0.1, -0.05) is 0 Å². The van der Waals surface area contributed by atoms with E-state index in [1.165, 1.54) is 0 Å². The second-order valence-corrected chi connectivity index (χ2v) is 3.39. The highest BCUT2D eigenvalue weighted by molar-refractivity contribution is 5.47. The van der Waals surface area contributed by atoms with Gasteiger partial charge in [0, 0.05) is 12.3 Å². The molecule has 1 unspecified atom stereocenters. The number of benzene rings is 1. The number of rotatable bonds is 2. The summed E-state index contributed by atoms with van der Waals surface area (Å²) in [5.74, 6) is 0. The molecule has 1 N–H and O–H groups in total. The van der Waals surface area contributed by atoms with Gasteiger partial charge in [0.25, 0.3) is 0 Å². The molecule has 1 heterocycles. The Labute approximate surface area is 83.3 Å². The molecule has 1 aliphatic heterocycles. The first kappa shape index (κ1) is 9.04. The van der Waals surface area contributed by atoms with Crippen molar-refractivity contribution in [2.24, 2.45) is 0 Å². The molecule has 0 aliphatic carbocycles. The zero-order chi connectivity index (χ0) is 9.80. The van der Waals surface area contributed by atoms with Crippen LogP contribution in [0.25, 0.3) is 0 Å². The average Bonchev–Trinajstić information content (AvgIpc) is 2.72. The molecular formula is C11H12N2O. The molecule has 14 heavy (non-hydrogen) atoms. The normalized spacial score (nSPS) is 20.4. The van der Waals surface area contributed by atoms with Gasteiger partial charge in [-0.2, -0.15) is 5.26 Å². The van der Waals surface area contributed by atoms with Crippen LogP contribution < -0.4 is 5.32 Å². The molecule has 1 aliphatic rings. The highest BCUT2D eigenvalue weighted by Crippen LogP contribution is 2.14. The fourth-order valence-corrected chi connectivity index (χ4v) is 1.53. The largest absolute Gasteiger partial charge is 0.380 e. The Morgan fingerprint density at radius 3 is 2.71 bits per heavy atom. The van der Waals surface area contributed by atoms with Gasteiger partial charge in [-0.25, -0.2) is 0 Å². The van der Waals surface area contributed by atoms with Crippen molar-refractivity contribution in [1.82, 2.24) is 0 Å². The number of hydrogen-bond donors (Lipinski definition) is 1. The molecule has 0 radical (unpaired) electrons. The highest BCUT2D eigenvalue weighted by Gasteiger charge is 2.14. The summed E-state index contributed by atoms with van der Waals surface area (Å²) in [7, 11) is 0. The van der Waals surface area contributed by atoms with Gasteiger partial charge < -0.3 is 10.1 Å². The summed E-state index contributed by atoms with van der Waals surface area (Å²) in [4.78, 5) is 0. The second kappa shape index (κ2) is 4.12. The molecule has 0 amide bonds. The van der Waals surface area contributed by atoms with Gasteiger partial charge in [-0.15, -0.1) is 0 Å². The lowest BCUT2D eigenvalue weighted by Crippen LogP contribution is -2.18. The Morgan fingerprint density at radius 2 is 2.14 bits per heavy atom. The van der Waals surface area contributed by atoms with Gasteiger partial charge in [0.15, 0.2) is 0 Å². The molecule has 1 saturated heterocycles. The van der Waals surface area contributed by atoms with Crippen molar-refractivity contribution < 1.29 is 4.74 Å². The average molecular weight is 188 g/mol. The van der Waals surface area contributed by atoms with Gasteiger partial charge >= 0.3 is 0 Å². The molecule has 0 bridgehead atoms. The van der Waals surface area contributed by atoms with Crippen LogP contribution in [-0.2, 0) is 4.74 Å². The van der Waals surface area contributed by atoms with E-state index in [0.29, 0.717) is 11.6 Å².